The molecule has 0 aliphatic carbocycles. The SMILES string of the molecule is CC(C)c1cc2c(cc1C(N)CC(=O)O)OCO2. The topological polar surface area (TPSA) is 81.8 Å². The van der Waals surface area contributed by atoms with Gasteiger partial charge in [-0.3, -0.25) is 4.79 Å². The minimum Gasteiger partial charge on any atom is -0.481 e. The first-order valence-corrected chi connectivity index (χ1v) is 5.90. The van der Waals surface area contributed by atoms with Crippen LogP contribution in [0.4, 0.5) is 0 Å². The third-order valence-corrected chi connectivity index (χ3v) is 2.99. The third-order valence-electron chi connectivity index (χ3n) is 2.99. The zero-order valence-electron chi connectivity index (χ0n) is 10.5. The maximum absolute atomic E-state index is 10.8. The summed E-state index contributed by atoms with van der Waals surface area (Å²) in [4.78, 5) is 10.8. The van der Waals surface area contributed by atoms with E-state index in [0.29, 0.717) is 11.5 Å². The van der Waals surface area contributed by atoms with E-state index in [-0.39, 0.29) is 19.1 Å². The van der Waals surface area contributed by atoms with Gasteiger partial charge in [0, 0.05) is 6.04 Å². The van der Waals surface area contributed by atoms with Gasteiger partial charge in [-0.2, -0.15) is 0 Å². The average Bonchev–Trinajstić information content (AvgIpc) is 2.72. The molecule has 5 heteroatoms. The molecule has 18 heavy (non-hydrogen) atoms. The fourth-order valence-corrected chi connectivity index (χ4v) is 2.09. The van der Waals surface area contributed by atoms with Crippen molar-refractivity contribution >= 4 is 5.97 Å². The number of benzene rings is 1. The lowest BCUT2D eigenvalue weighted by molar-refractivity contribution is -0.137. The third kappa shape index (κ3) is 2.41. The Bertz CT molecular complexity index is 470. The summed E-state index contributed by atoms with van der Waals surface area (Å²) in [6, 6.07) is 3.16. The molecule has 3 N–H and O–H groups in total. The summed E-state index contributed by atoms with van der Waals surface area (Å²) in [7, 11) is 0. The predicted octanol–water partition coefficient (Wildman–Crippen LogP) is 2.01. The molecule has 5 nitrogen and oxygen atoms in total. The summed E-state index contributed by atoms with van der Waals surface area (Å²) in [5.74, 6) is 0.671. The molecule has 0 spiro atoms. The molecule has 1 unspecified atom stereocenters. The molecule has 0 aromatic heterocycles. The van der Waals surface area contributed by atoms with Crippen LogP contribution in [0.2, 0.25) is 0 Å². The Morgan fingerprint density at radius 2 is 1.89 bits per heavy atom. The monoisotopic (exact) mass is 251 g/mol. The number of carbonyl (C=O) groups is 1. The molecular weight excluding hydrogens is 234 g/mol. The standard InChI is InChI=1S/C13H17NO4/c1-7(2)8-3-11-12(18-6-17-11)4-9(8)10(14)5-13(15)16/h3-4,7,10H,5-6,14H2,1-2H3,(H,15,16). The summed E-state index contributed by atoms with van der Waals surface area (Å²) in [5, 5.41) is 8.83. The van der Waals surface area contributed by atoms with Crippen LogP contribution < -0.4 is 15.2 Å². The first-order chi connectivity index (χ1) is 8.49. The van der Waals surface area contributed by atoms with E-state index in [2.05, 4.69) is 0 Å². The number of hydrogen-bond donors (Lipinski definition) is 2. The number of ether oxygens (including phenoxy) is 2. The Morgan fingerprint density at radius 3 is 2.39 bits per heavy atom. The summed E-state index contributed by atoms with van der Waals surface area (Å²) in [5.41, 5.74) is 7.78. The quantitative estimate of drug-likeness (QED) is 0.855. The predicted molar refractivity (Wildman–Crippen MR) is 65.8 cm³/mol. The van der Waals surface area contributed by atoms with Gasteiger partial charge < -0.3 is 20.3 Å². The van der Waals surface area contributed by atoms with E-state index in [4.69, 9.17) is 20.3 Å². The highest BCUT2D eigenvalue weighted by Gasteiger charge is 2.22. The van der Waals surface area contributed by atoms with Crippen LogP contribution in [0.15, 0.2) is 12.1 Å². The van der Waals surface area contributed by atoms with Crippen molar-refractivity contribution in [3.05, 3.63) is 23.3 Å². The van der Waals surface area contributed by atoms with Gasteiger partial charge in [0.25, 0.3) is 0 Å². The molecule has 0 bridgehead atoms. The van der Waals surface area contributed by atoms with Gasteiger partial charge in [0.1, 0.15) is 0 Å². The summed E-state index contributed by atoms with van der Waals surface area (Å²) < 4.78 is 10.6. The Kier molecular flexibility index (Phi) is 3.43. The van der Waals surface area contributed by atoms with E-state index in [0.717, 1.165) is 11.1 Å². The van der Waals surface area contributed by atoms with Crippen molar-refractivity contribution in [3.8, 4) is 11.5 Å². The van der Waals surface area contributed by atoms with E-state index in [1.165, 1.54) is 0 Å². The molecule has 98 valence electrons. The van der Waals surface area contributed by atoms with Gasteiger partial charge in [0.15, 0.2) is 11.5 Å². The highest BCUT2D eigenvalue weighted by molar-refractivity contribution is 5.68. The van der Waals surface area contributed by atoms with Crippen LogP contribution in [0.3, 0.4) is 0 Å². The number of carboxylic acid groups (broad SMARTS) is 1. The molecule has 1 heterocycles. The minimum atomic E-state index is -0.908. The van der Waals surface area contributed by atoms with E-state index >= 15 is 0 Å². The van der Waals surface area contributed by atoms with Crippen molar-refractivity contribution in [2.75, 3.05) is 6.79 Å². The molecule has 2 rings (SSSR count). The average molecular weight is 251 g/mol. The van der Waals surface area contributed by atoms with Gasteiger partial charge >= 0.3 is 5.97 Å². The fourth-order valence-electron chi connectivity index (χ4n) is 2.09. The van der Waals surface area contributed by atoms with Crippen LogP contribution in [0.25, 0.3) is 0 Å². The van der Waals surface area contributed by atoms with Crippen molar-refractivity contribution in [1.82, 2.24) is 0 Å². The second-order valence-electron chi connectivity index (χ2n) is 4.69. The molecular formula is C13H17NO4. The zero-order chi connectivity index (χ0) is 13.3. The fraction of sp³-hybridized carbons (Fsp3) is 0.462. The number of fused-ring (bicyclic) bond motifs is 1. The summed E-state index contributed by atoms with van der Waals surface area (Å²) >= 11 is 0. The molecule has 1 aliphatic rings. The van der Waals surface area contributed by atoms with Gasteiger partial charge in [-0.05, 0) is 29.2 Å². The lowest BCUT2D eigenvalue weighted by Crippen LogP contribution is -2.17. The molecule has 1 aromatic carbocycles. The number of carboxylic acids is 1. The van der Waals surface area contributed by atoms with Crippen LogP contribution in [0, 0.1) is 0 Å². The molecule has 0 amide bonds. The van der Waals surface area contributed by atoms with Gasteiger partial charge in [-0.15, -0.1) is 0 Å². The van der Waals surface area contributed by atoms with Crippen molar-refractivity contribution < 1.29 is 19.4 Å². The minimum absolute atomic E-state index is 0.0979. The Labute approximate surface area is 106 Å². The van der Waals surface area contributed by atoms with E-state index in [1.807, 2.05) is 19.9 Å². The van der Waals surface area contributed by atoms with Crippen LogP contribution in [-0.2, 0) is 4.79 Å². The second-order valence-corrected chi connectivity index (χ2v) is 4.69. The molecule has 1 aromatic rings. The van der Waals surface area contributed by atoms with Crippen LogP contribution in [0.5, 0.6) is 11.5 Å². The molecule has 0 radical (unpaired) electrons. The number of rotatable bonds is 4. The second kappa shape index (κ2) is 4.86. The van der Waals surface area contributed by atoms with Crippen molar-refractivity contribution in [2.24, 2.45) is 5.73 Å². The maximum Gasteiger partial charge on any atom is 0.305 e. The lowest BCUT2D eigenvalue weighted by atomic mass is 9.91. The molecule has 0 saturated heterocycles. The van der Waals surface area contributed by atoms with Gasteiger partial charge in [0.05, 0.1) is 6.42 Å². The Hall–Kier alpha value is -1.75. The van der Waals surface area contributed by atoms with Crippen molar-refractivity contribution in [3.63, 3.8) is 0 Å². The summed E-state index contributed by atoms with van der Waals surface area (Å²) in [6.45, 7) is 4.27. The normalized spacial score (nSPS) is 14.9. The van der Waals surface area contributed by atoms with Gasteiger partial charge in [0.2, 0.25) is 6.79 Å². The first-order valence-electron chi connectivity index (χ1n) is 5.90. The van der Waals surface area contributed by atoms with E-state index < -0.39 is 12.0 Å². The van der Waals surface area contributed by atoms with Crippen molar-refractivity contribution in [2.45, 2.75) is 32.2 Å². The summed E-state index contributed by atoms with van der Waals surface area (Å²) in [6.07, 6.45) is -0.0979. The molecule has 0 fully saturated rings. The number of aliphatic carboxylic acids is 1. The molecule has 1 atom stereocenters. The largest absolute Gasteiger partial charge is 0.481 e. The molecule has 0 saturated carbocycles. The molecule has 1 aliphatic heterocycles. The highest BCUT2D eigenvalue weighted by Crippen LogP contribution is 2.39. The highest BCUT2D eigenvalue weighted by atomic mass is 16.7. The zero-order valence-corrected chi connectivity index (χ0v) is 10.5. The number of nitrogens with two attached hydrogens (primary N) is 1. The van der Waals surface area contributed by atoms with Crippen LogP contribution >= 0.6 is 0 Å². The smallest absolute Gasteiger partial charge is 0.305 e. The Morgan fingerprint density at radius 1 is 1.33 bits per heavy atom. The lowest BCUT2D eigenvalue weighted by Gasteiger charge is -2.18. The maximum atomic E-state index is 10.8. The first kappa shape index (κ1) is 12.7. The van der Waals surface area contributed by atoms with E-state index in [1.54, 1.807) is 6.07 Å². The van der Waals surface area contributed by atoms with Gasteiger partial charge in [-0.1, -0.05) is 13.8 Å². The van der Waals surface area contributed by atoms with Crippen molar-refractivity contribution in [1.29, 1.82) is 0 Å². The van der Waals surface area contributed by atoms with Crippen LogP contribution in [0.1, 0.15) is 43.4 Å². The number of hydrogen-bond acceptors (Lipinski definition) is 4. The Balaban J connectivity index is 2.41. The van der Waals surface area contributed by atoms with Crippen LogP contribution in [-0.4, -0.2) is 17.9 Å². The van der Waals surface area contributed by atoms with E-state index in [9.17, 15) is 4.79 Å². The van der Waals surface area contributed by atoms with Gasteiger partial charge in [-0.25, -0.2) is 0 Å².